The summed E-state index contributed by atoms with van der Waals surface area (Å²) in [6.07, 6.45) is 4.14. The predicted octanol–water partition coefficient (Wildman–Crippen LogP) is 4.99. The molecule has 1 heterocycles. The first-order valence-corrected chi connectivity index (χ1v) is 7.96. The number of Topliss-reactive ketones (excluding diaryl/α,β-unsaturated/α-hetero) is 1. The van der Waals surface area contributed by atoms with Crippen molar-refractivity contribution in [3.8, 4) is 0 Å². The van der Waals surface area contributed by atoms with E-state index >= 15 is 0 Å². The lowest BCUT2D eigenvalue weighted by Gasteiger charge is -2.25. The minimum atomic E-state index is 0.231. The number of hydrogen-bond donors (Lipinski definition) is 1. The molecule has 0 bridgehead atoms. The Morgan fingerprint density at radius 3 is 1.50 bits per heavy atom. The van der Waals surface area contributed by atoms with E-state index in [1.807, 2.05) is 20.8 Å². The van der Waals surface area contributed by atoms with Crippen molar-refractivity contribution in [2.45, 2.75) is 86.7 Å². The van der Waals surface area contributed by atoms with E-state index in [2.05, 4.69) is 39.6 Å². The van der Waals surface area contributed by atoms with Gasteiger partial charge in [-0.2, -0.15) is 0 Å². The molecule has 1 saturated heterocycles. The van der Waals surface area contributed by atoms with Crippen LogP contribution in [-0.4, -0.2) is 17.9 Å². The van der Waals surface area contributed by atoms with Gasteiger partial charge < -0.3 is 5.32 Å². The van der Waals surface area contributed by atoms with E-state index in [4.69, 9.17) is 0 Å². The van der Waals surface area contributed by atoms with Crippen LogP contribution in [0.2, 0.25) is 0 Å². The largest absolute Gasteiger partial charge is 0.312 e. The zero-order valence-electron chi connectivity index (χ0n) is 15.0. The van der Waals surface area contributed by atoms with Gasteiger partial charge in [-0.3, -0.25) is 4.79 Å². The second-order valence-electron chi connectivity index (χ2n) is 6.75. The molecule has 0 aliphatic carbocycles. The van der Waals surface area contributed by atoms with Crippen molar-refractivity contribution in [3.05, 3.63) is 12.2 Å². The Balaban J connectivity index is 0. The van der Waals surface area contributed by atoms with Crippen molar-refractivity contribution in [2.75, 3.05) is 0 Å². The predicted molar refractivity (Wildman–Crippen MR) is 91.1 cm³/mol. The van der Waals surface area contributed by atoms with Crippen LogP contribution < -0.4 is 5.32 Å². The van der Waals surface area contributed by atoms with Gasteiger partial charge in [-0.1, -0.05) is 32.8 Å². The van der Waals surface area contributed by atoms with Crippen LogP contribution in [0.3, 0.4) is 0 Å². The maximum atomic E-state index is 10.6. The van der Waals surface area contributed by atoms with Crippen molar-refractivity contribution in [2.24, 2.45) is 11.8 Å². The number of carbonyl (C=O) groups excluding carboxylic acids is 1. The SMILES string of the molecule is C=C(C)C.CC(=O)C(C)C(C)C.CC1CCCC(C)N1. The Kier molecular flexibility index (Phi) is 13.1. The molecule has 0 saturated carbocycles. The average molecular weight is 283 g/mol. The van der Waals surface area contributed by atoms with Gasteiger partial charge >= 0.3 is 0 Å². The molecule has 1 aliphatic heterocycles. The zero-order valence-corrected chi connectivity index (χ0v) is 15.0. The lowest BCUT2D eigenvalue weighted by molar-refractivity contribution is -0.121. The smallest absolute Gasteiger partial charge is 0.132 e. The highest BCUT2D eigenvalue weighted by atomic mass is 16.1. The van der Waals surface area contributed by atoms with Gasteiger partial charge in [0.15, 0.2) is 0 Å². The van der Waals surface area contributed by atoms with Crippen LogP contribution in [0.15, 0.2) is 12.2 Å². The molecular formula is C18H37NO. The Bertz CT molecular complexity index is 259. The van der Waals surface area contributed by atoms with Gasteiger partial charge in [0.25, 0.3) is 0 Å². The molecule has 0 aromatic carbocycles. The Morgan fingerprint density at radius 1 is 1.05 bits per heavy atom. The van der Waals surface area contributed by atoms with E-state index in [0.29, 0.717) is 11.7 Å². The topological polar surface area (TPSA) is 29.1 Å². The third-order valence-electron chi connectivity index (χ3n) is 3.48. The van der Waals surface area contributed by atoms with Gasteiger partial charge in [0.2, 0.25) is 0 Å². The maximum absolute atomic E-state index is 10.6. The van der Waals surface area contributed by atoms with Crippen LogP contribution in [-0.2, 0) is 4.79 Å². The second-order valence-corrected chi connectivity index (χ2v) is 6.75. The molecule has 0 aromatic rings. The zero-order chi connectivity index (χ0) is 16.3. The lowest BCUT2D eigenvalue weighted by atomic mass is 9.95. The van der Waals surface area contributed by atoms with Crippen LogP contribution in [0.1, 0.15) is 74.7 Å². The second kappa shape index (κ2) is 12.1. The molecule has 1 N–H and O–H groups in total. The molecule has 0 amide bonds. The fraction of sp³-hybridized carbons (Fsp3) is 0.833. The van der Waals surface area contributed by atoms with E-state index in [0.717, 1.165) is 12.1 Å². The van der Waals surface area contributed by atoms with Crippen molar-refractivity contribution >= 4 is 5.78 Å². The summed E-state index contributed by atoms with van der Waals surface area (Å²) in [6, 6.07) is 1.53. The molecule has 0 aromatic heterocycles. The monoisotopic (exact) mass is 283 g/mol. The summed E-state index contributed by atoms with van der Waals surface area (Å²) < 4.78 is 0. The minimum absolute atomic E-state index is 0.231. The van der Waals surface area contributed by atoms with Gasteiger partial charge in [0.1, 0.15) is 5.78 Å². The van der Waals surface area contributed by atoms with Crippen molar-refractivity contribution in [3.63, 3.8) is 0 Å². The Labute approximate surface area is 127 Å². The number of allylic oxidation sites excluding steroid dienone is 1. The van der Waals surface area contributed by atoms with Crippen LogP contribution in [0.25, 0.3) is 0 Å². The average Bonchev–Trinajstić information content (AvgIpc) is 2.27. The number of ketones is 1. The van der Waals surface area contributed by atoms with E-state index in [1.54, 1.807) is 6.92 Å². The lowest BCUT2D eigenvalue weighted by Crippen LogP contribution is -2.38. The summed E-state index contributed by atoms with van der Waals surface area (Å²) in [7, 11) is 0. The summed E-state index contributed by atoms with van der Waals surface area (Å²) in [5.74, 6) is 1.02. The van der Waals surface area contributed by atoms with Gasteiger partial charge in [-0.05, 0) is 53.4 Å². The van der Waals surface area contributed by atoms with Crippen molar-refractivity contribution < 1.29 is 4.79 Å². The third kappa shape index (κ3) is 15.4. The minimum Gasteiger partial charge on any atom is -0.312 e. The number of hydrogen-bond acceptors (Lipinski definition) is 2. The molecule has 1 fully saturated rings. The van der Waals surface area contributed by atoms with Gasteiger partial charge in [-0.25, -0.2) is 0 Å². The van der Waals surface area contributed by atoms with Gasteiger partial charge in [0.05, 0.1) is 0 Å². The molecule has 120 valence electrons. The fourth-order valence-corrected chi connectivity index (χ4v) is 1.85. The van der Waals surface area contributed by atoms with Crippen LogP contribution in [0.4, 0.5) is 0 Å². The summed E-state index contributed by atoms with van der Waals surface area (Å²) >= 11 is 0. The van der Waals surface area contributed by atoms with E-state index in [9.17, 15) is 4.79 Å². The van der Waals surface area contributed by atoms with Gasteiger partial charge in [-0.15, -0.1) is 6.58 Å². The number of rotatable bonds is 2. The van der Waals surface area contributed by atoms with Crippen molar-refractivity contribution in [1.29, 1.82) is 0 Å². The fourth-order valence-electron chi connectivity index (χ4n) is 1.85. The molecular weight excluding hydrogens is 246 g/mol. The molecule has 0 spiro atoms. The Morgan fingerprint density at radius 2 is 1.40 bits per heavy atom. The van der Waals surface area contributed by atoms with Crippen LogP contribution >= 0.6 is 0 Å². The van der Waals surface area contributed by atoms with E-state index in [1.165, 1.54) is 24.8 Å². The molecule has 1 rings (SSSR count). The normalized spacial score (nSPS) is 22.9. The van der Waals surface area contributed by atoms with Crippen molar-refractivity contribution in [1.82, 2.24) is 5.32 Å². The third-order valence-corrected chi connectivity index (χ3v) is 3.48. The highest BCUT2D eigenvalue weighted by molar-refractivity contribution is 5.78. The molecule has 2 nitrogen and oxygen atoms in total. The standard InChI is InChI=1S/C7H15N.C7H14O.C4H8/c1-6-4-3-5-7(2)8-6;1-5(2)6(3)7(4)8;1-4(2)3/h6-8H,3-5H2,1-2H3;5-6H,1-4H3;1H2,2-3H3. The quantitative estimate of drug-likeness (QED) is 0.724. The number of carbonyl (C=O) groups is 1. The van der Waals surface area contributed by atoms with E-state index < -0.39 is 0 Å². The molecule has 2 heteroatoms. The first-order chi connectivity index (χ1) is 9.07. The first-order valence-electron chi connectivity index (χ1n) is 7.96. The molecule has 1 aliphatic rings. The highest BCUT2D eigenvalue weighted by Gasteiger charge is 2.12. The highest BCUT2D eigenvalue weighted by Crippen LogP contribution is 2.10. The summed E-state index contributed by atoms with van der Waals surface area (Å²) in [6.45, 7) is 19.8. The molecule has 20 heavy (non-hydrogen) atoms. The Hall–Kier alpha value is -0.630. The molecule has 0 radical (unpaired) electrons. The van der Waals surface area contributed by atoms with Crippen LogP contribution in [0.5, 0.6) is 0 Å². The molecule has 3 unspecified atom stereocenters. The van der Waals surface area contributed by atoms with Crippen LogP contribution in [0, 0.1) is 11.8 Å². The summed E-state index contributed by atoms with van der Waals surface area (Å²) in [5, 5.41) is 3.48. The maximum Gasteiger partial charge on any atom is 0.132 e. The van der Waals surface area contributed by atoms with Gasteiger partial charge in [0, 0.05) is 18.0 Å². The summed E-state index contributed by atoms with van der Waals surface area (Å²) in [4.78, 5) is 10.6. The van der Waals surface area contributed by atoms with E-state index in [-0.39, 0.29) is 5.92 Å². The first kappa shape index (κ1) is 21.7. The molecule has 3 atom stereocenters. The number of piperidine rings is 1. The number of nitrogens with one attached hydrogen (secondary N) is 1. The summed E-state index contributed by atoms with van der Waals surface area (Å²) in [5.41, 5.74) is 1.17.